The molecular weight excluding hydrogens is 376 g/mol. The first-order valence-electron chi connectivity index (χ1n) is 5.74. The lowest BCUT2D eigenvalue weighted by Gasteiger charge is -2.10. The zero-order valence-electron chi connectivity index (χ0n) is 10.6. The molecule has 0 spiro atoms. The highest BCUT2D eigenvalue weighted by molar-refractivity contribution is 9.10. The maximum atomic E-state index is 12.2. The van der Waals surface area contributed by atoms with Crippen LogP contribution in [0, 0.1) is 10.1 Å². The van der Waals surface area contributed by atoms with E-state index in [1.165, 1.54) is 22.7 Å². The minimum absolute atomic E-state index is 0.0506. The van der Waals surface area contributed by atoms with Crippen LogP contribution in [-0.2, 0) is 4.79 Å². The highest BCUT2D eigenvalue weighted by Crippen LogP contribution is 2.33. The van der Waals surface area contributed by atoms with Crippen molar-refractivity contribution >= 4 is 61.9 Å². The summed E-state index contributed by atoms with van der Waals surface area (Å²) >= 11 is 9.42. The number of hydrogen-bond donors (Lipinski definition) is 0. The van der Waals surface area contributed by atoms with Crippen LogP contribution in [0.5, 0.6) is 0 Å². The molecule has 1 aliphatic heterocycles. The van der Waals surface area contributed by atoms with Crippen molar-refractivity contribution in [2.75, 3.05) is 6.54 Å². The highest BCUT2D eigenvalue weighted by Gasteiger charge is 2.31. The minimum Gasteiger partial charge on any atom is -0.289 e. The predicted molar refractivity (Wildman–Crippen MR) is 90.9 cm³/mol. The Balaban J connectivity index is 2.35. The number of halogens is 1. The molecule has 2 rings (SSSR count). The van der Waals surface area contributed by atoms with E-state index in [-0.39, 0.29) is 11.6 Å². The Morgan fingerprint density at radius 2 is 2.24 bits per heavy atom. The zero-order valence-corrected chi connectivity index (χ0v) is 13.8. The molecule has 0 aliphatic carbocycles. The molecular formula is C13H9BrN2O3S2. The van der Waals surface area contributed by atoms with E-state index < -0.39 is 4.92 Å². The van der Waals surface area contributed by atoms with E-state index >= 15 is 0 Å². The van der Waals surface area contributed by atoms with E-state index in [0.29, 0.717) is 25.8 Å². The van der Waals surface area contributed by atoms with Crippen LogP contribution >= 0.6 is 39.9 Å². The zero-order chi connectivity index (χ0) is 15.6. The first kappa shape index (κ1) is 15.9. The Morgan fingerprint density at radius 1 is 1.52 bits per heavy atom. The Bertz CT molecular complexity index is 688. The predicted octanol–water partition coefficient (Wildman–Crippen LogP) is 3.74. The normalized spacial score (nSPS) is 16.6. The van der Waals surface area contributed by atoms with Gasteiger partial charge in [-0.25, -0.2) is 0 Å². The molecule has 0 radical (unpaired) electrons. The van der Waals surface area contributed by atoms with Crippen LogP contribution in [-0.4, -0.2) is 26.6 Å². The van der Waals surface area contributed by atoms with Gasteiger partial charge >= 0.3 is 0 Å². The summed E-state index contributed by atoms with van der Waals surface area (Å²) in [6.45, 7) is 3.93. The molecule has 21 heavy (non-hydrogen) atoms. The molecule has 0 bridgehead atoms. The number of thiocarbonyl (C=S) groups is 1. The van der Waals surface area contributed by atoms with Gasteiger partial charge in [-0.05, 0) is 33.6 Å². The van der Waals surface area contributed by atoms with Gasteiger partial charge in [0.1, 0.15) is 4.32 Å². The van der Waals surface area contributed by atoms with Crippen LogP contribution < -0.4 is 0 Å². The number of carbonyl (C=O) groups is 1. The fourth-order valence-electron chi connectivity index (χ4n) is 1.70. The summed E-state index contributed by atoms with van der Waals surface area (Å²) in [4.78, 5) is 24.5. The van der Waals surface area contributed by atoms with Crippen molar-refractivity contribution in [1.29, 1.82) is 0 Å². The van der Waals surface area contributed by atoms with Crippen molar-refractivity contribution in [2.24, 2.45) is 0 Å². The van der Waals surface area contributed by atoms with E-state index in [4.69, 9.17) is 12.2 Å². The topological polar surface area (TPSA) is 63.5 Å². The first-order chi connectivity index (χ1) is 9.93. The summed E-state index contributed by atoms with van der Waals surface area (Å²) < 4.78 is 0.849. The van der Waals surface area contributed by atoms with Crippen LogP contribution in [0.3, 0.4) is 0 Å². The molecule has 1 fully saturated rings. The minimum atomic E-state index is -0.482. The molecule has 1 amide bonds. The first-order valence-corrected chi connectivity index (χ1v) is 7.76. The van der Waals surface area contributed by atoms with E-state index in [9.17, 15) is 14.9 Å². The fourth-order valence-corrected chi connectivity index (χ4v) is 3.36. The number of hydrogen-bond acceptors (Lipinski definition) is 5. The number of carbonyl (C=O) groups excluding carboxylic acids is 1. The lowest BCUT2D eigenvalue weighted by Crippen LogP contribution is -2.27. The molecule has 0 aromatic heterocycles. The summed E-state index contributed by atoms with van der Waals surface area (Å²) in [5.41, 5.74) is 0.523. The van der Waals surface area contributed by atoms with Crippen LogP contribution in [0.25, 0.3) is 6.08 Å². The standard InChI is InChI=1S/C13H9BrN2O3S2/c1-2-5-15-12(17)11(21-13(15)20)7-8-3-4-9(14)10(6-8)16(18)19/h2-4,6-7H,1,5H2. The Morgan fingerprint density at radius 3 is 2.86 bits per heavy atom. The van der Waals surface area contributed by atoms with E-state index in [1.54, 1.807) is 24.3 Å². The van der Waals surface area contributed by atoms with Crippen LogP contribution in [0.15, 0.2) is 40.2 Å². The Kier molecular flexibility index (Phi) is 4.92. The van der Waals surface area contributed by atoms with Gasteiger partial charge in [0.15, 0.2) is 0 Å². The Hall–Kier alpha value is -1.51. The second-order valence-corrected chi connectivity index (χ2v) is 6.58. The van der Waals surface area contributed by atoms with Gasteiger partial charge < -0.3 is 0 Å². The summed E-state index contributed by atoms with van der Waals surface area (Å²) in [7, 11) is 0. The Labute approximate surface area is 139 Å². The molecule has 0 unspecified atom stereocenters. The molecule has 1 saturated heterocycles. The van der Waals surface area contributed by atoms with E-state index in [2.05, 4.69) is 22.5 Å². The highest BCUT2D eigenvalue weighted by atomic mass is 79.9. The molecule has 1 aromatic rings. The fraction of sp³-hybridized carbons (Fsp3) is 0.0769. The van der Waals surface area contributed by atoms with Gasteiger partial charge in [0.2, 0.25) is 0 Å². The van der Waals surface area contributed by atoms with Crippen molar-refractivity contribution in [3.8, 4) is 0 Å². The molecule has 108 valence electrons. The largest absolute Gasteiger partial charge is 0.289 e. The van der Waals surface area contributed by atoms with Crippen molar-refractivity contribution < 1.29 is 9.72 Å². The quantitative estimate of drug-likeness (QED) is 0.260. The van der Waals surface area contributed by atoms with Crippen molar-refractivity contribution in [3.05, 3.63) is 55.9 Å². The van der Waals surface area contributed by atoms with E-state index in [1.807, 2.05) is 0 Å². The molecule has 8 heteroatoms. The molecule has 5 nitrogen and oxygen atoms in total. The number of thioether (sulfide) groups is 1. The van der Waals surface area contributed by atoms with Crippen molar-refractivity contribution in [1.82, 2.24) is 4.90 Å². The van der Waals surface area contributed by atoms with Crippen LogP contribution in [0.2, 0.25) is 0 Å². The summed E-state index contributed by atoms with van der Waals surface area (Å²) in [6, 6.07) is 4.68. The van der Waals surface area contributed by atoms with Crippen molar-refractivity contribution in [3.63, 3.8) is 0 Å². The molecule has 0 saturated carbocycles. The number of benzene rings is 1. The molecule has 1 heterocycles. The van der Waals surface area contributed by atoms with Gasteiger partial charge in [-0.1, -0.05) is 36.1 Å². The monoisotopic (exact) mass is 384 g/mol. The summed E-state index contributed by atoms with van der Waals surface area (Å²) in [5, 5.41) is 10.9. The second kappa shape index (κ2) is 6.50. The van der Waals surface area contributed by atoms with Gasteiger partial charge in [0.25, 0.3) is 11.6 Å². The smallest absolute Gasteiger partial charge is 0.284 e. The number of nitro groups is 1. The number of amides is 1. The SMILES string of the molecule is C=CCN1C(=O)C(=Cc2ccc(Br)c([N+](=O)[O-])c2)SC1=S. The summed E-state index contributed by atoms with van der Waals surface area (Å²) in [5.74, 6) is -0.213. The van der Waals surface area contributed by atoms with Gasteiger partial charge in [0.05, 0.1) is 14.3 Å². The van der Waals surface area contributed by atoms with Crippen LogP contribution in [0.1, 0.15) is 5.56 Å². The third-order valence-electron chi connectivity index (χ3n) is 2.65. The van der Waals surface area contributed by atoms with Gasteiger partial charge in [-0.2, -0.15) is 0 Å². The molecule has 0 atom stereocenters. The van der Waals surface area contributed by atoms with Gasteiger partial charge in [-0.15, -0.1) is 6.58 Å². The van der Waals surface area contributed by atoms with E-state index in [0.717, 1.165) is 0 Å². The maximum absolute atomic E-state index is 12.2. The third kappa shape index (κ3) is 3.39. The average molecular weight is 385 g/mol. The number of nitro benzene ring substituents is 1. The number of rotatable bonds is 4. The molecule has 1 aliphatic rings. The molecule has 1 aromatic carbocycles. The maximum Gasteiger partial charge on any atom is 0.284 e. The van der Waals surface area contributed by atoms with Crippen LogP contribution in [0.4, 0.5) is 5.69 Å². The average Bonchev–Trinajstić information content (AvgIpc) is 2.69. The second-order valence-electron chi connectivity index (χ2n) is 4.05. The molecule has 0 N–H and O–H groups in total. The summed E-state index contributed by atoms with van der Waals surface area (Å²) in [6.07, 6.45) is 3.19. The lowest BCUT2D eigenvalue weighted by molar-refractivity contribution is -0.385. The lowest BCUT2D eigenvalue weighted by atomic mass is 10.2. The van der Waals surface area contributed by atoms with Crippen molar-refractivity contribution in [2.45, 2.75) is 0 Å². The van der Waals surface area contributed by atoms with Gasteiger partial charge in [0, 0.05) is 12.6 Å². The third-order valence-corrected chi connectivity index (χ3v) is 4.70. The van der Waals surface area contributed by atoms with Gasteiger partial charge in [-0.3, -0.25) is 19.8 Å². The number of nitrogens with zero attached hydrogens (tertiary/aromatic N) is 2.